The Balaban J connectivity index is 2.41. The lowest BCUT2D eigenvalue weighted by molar-refractivity contribution is -0.163. The summed E-state index contributed by atoms with van der Waals surface area (Å²) in [5.41, 5.74) is -0.743. The van der Waals surface area contributed by atoms with Crippen LogP contribution in [0.5, 0.6) is 0 Å². The zero-order valence-electron chi connectivity index (χ0n) is 31.0. The third-order valence-corrected chi connectivity index (χ3v) is 11.5. The number of piperidine rings is 1. The maximum Gasteiger partial charge on any atom is 0.233 e. The molecule has 0 radical (unpaired) electrons. The SMILES string of the molecule is CCCCCCCCCCCCCCCC(C)(C)C1(C(C)(C)CCCCCCCCCCCCCCC)CCC(=O)NC1=O. The van der Waals surface area contributed by atoms with Gasteiger partial charge in [0, 0.05) is 6.42 Å². The molecular formula is C41H79NO2. The molecule has 0 aromatic heterocycles. The summed E-state index contributed by atoms with van der Waals surface area (Å²) in [5.74, 6) is -0.0766. The molecule has 44 heavy (non-hydrogen) atoms. The average Bonchev–Trinajstić information content (AvgIpc) is 2.97. The lowest BCUT2D eigenvalue weighted by atomic mass is 9.47. The largest absolute Gasteiger partial charge is 0.296 e. The number of rotatable bonds is 30. The van der Waals surface area contributed by atoms with Crippen LogP contribution in [-0.2, 0) is 9.59 Å². The molecule has 1 aliphatic heterocycles. The number of imide groups is 1. The summed E-state index contributed by atoms with van der Waals surface area (Å²) >= 11 is 0. The van der Waals surface area contributed by atoms with Crippen molar-refractivity contribution < 1.29 is 9.59 Å². The van der Waals surface area contributed by atoms with Gasteiger partial charge in [0.25, 0.3) is 0 Å². The van der Waals surface area contributed by atoms with E-state index >= 15 is 0 Å². The highest BCUT2D eigenvalue weighted by atomic mass is 16.2. The molecule has 1 N–H and O–H groups in total. The average molecular weight is 618 g/mol. The quantitative estimate of drug-likeness (QED) is 0.0643. The molecule has 0 saturated carbocycles. The van der Waals surface area contributed by atoms with Gasteiger partial charge < -0.3 is 0 Å². The second kappa shape index (κ2) is 24.3. The first-order chi connectivity index (χ1) is 21.1. The predicted octanol–water partition coefficient (Wildman–Crippen LogP) is 13.4. The van der Waals surface area contributed by atoms with Crippen LogP contribution >= 0.6 is 0 Å². The summed E-state index contributed by atoms with van der Waals surface area (Å²) < 4.78 is 0. The van der Waals surface area contributed by atoms with Crippen LogP contribution in [0.3, 0.4) is 0 Å². The van der Waals surface area contributed by atoms with Crippen molar-refractivity contribution in [1.29, 1.82) is 0 Å². The molecule has 1 saturated heterocycles. The molecule has 1 heterocycles. The van der Waals surface area contributed by atoms with Gasteiger partial charge in [-0.15, -0.1) is 0 Å². The first-order valence-electron chi connectivity index (χ1n) is 20.0. The minimum Gasteiger partial charge on any atom is -0.296 e. The summed E-state index contributed by atoms with van der Waals surface area (Å²) in [6, 6.07) is 0. The van der Waals surface area contributed by atoms with Gasteiger partial charge in [-0.1, -0.05) is 208 Å². The number of amides is 2. The number of hydrogen-bond donors (Lipinski definition) is 1. The molecule has 0 unspecified atom stereocenters. The van der Waals surface area contributed by atoms with Crippen molar-refractivity contribution in [2.24, 2.45) is 16.2 Å². The zero-order valence-corrected chi connectivity index (χ0v) is 31.0. The summed E-state index contributed by atoms with van der Waals surface area (Å²) in [7, 11) is 0. The van der Waals surface area contributed by atoms with E-state index in [1.165, 1.54) is 167 Å². The normalized spacial score (nSPS) is 15.6. The van der Waals surface area contributed by atoms with E-state index < -0.39 is 5.41 Å². The topological polar surface area (TPSA) is 46.2 Å². The fraction of sp³-hybridized carbons (Fsp3) is 0.951. The van der Waals surface area contributed by atoms with Gasteiger partial charge in [-0.25, -0.2) is 0 Å². The lowest BCUT2D eigenvalue weighted by Gasteiger charge is -2.56. The zero-order chi connectivity index (χ0) is 32.6. The molecule has 1 aliphatic rings. The molecule has 0 aromatic rings. The van der Waals surface area contributed by atoms with Crippen LogP contribution in [0.4, 0.5) is 0 Å². The van der Waals surface area contributed by atoms with Crippen molar-refractivity contribution in [1.82, 2.24) is 5.32 Å². The standard InChI is InChI=1S/C41H79NO2/c1-7-9-11-13-15-17-19-21-23-25-27-29-31-34-39(3,4)41(36-33-37(43)42-38(41)44)40(5,6)35-32-30-28-26-24-22-20-18-16-14-12-10-8-2/h7-36H2,1-6H3,(H,42,43,44). The summed E-state index contributed by atoms with van der Waals surface area (Å²) in [6.07, 6.45) is 38.7. The van der Waals surface area contributed by atoms with Crippen LogP contribution in [0.25, 0.3) is 0 Å². The number of nitrogens with one attached hydrogen (secondary N) is 1. The van der Waals surface area contributed by atoms with Gasteiger partial charge in [-0.05, 0) is 30.1 Å². The van der Waals surface area contributed by atoms with Crippen LogP contribution in [0, 0.1) is 16.2 Å². The fourth-order valence-electron chi connectivity index (χ4n) is 8.51. The molecule has 0 aromatic carbocycles. The molecule has 1 fully saturated rings. The monoisotopic (exact) mass is 618 g/mol. The van der Waals surface area contributed by atoms with E-state index in [9.17, 15) is 9.59 Å². The first kappa shape index (κ1) is 41.2. The van der Waals surface area contributed by atoms with Crippen molar-refractivity contribution in [2.75, 3.05) is 0 Å². The summed E-state index contributed by atoms with van der Waals surface area (Å²) in [4.78, 5) is 26.0. The summed E-state index contributed by atoms with van der Waals surface area (Å²) in [6.45, 7) is 13.9. The Morgan fingerprint density at radius 1 is 0.477 bits per heavy atom. The second-order valence-electron chi connectivity index (χ2n) is 16.0. The van der Waals surface area contributed by atoms with E-state index in [-0.39, 0.29) is 22.6 Å². The molecule has 260 valence electrons. The van der Waals surface area contributed by atoms with Crippen molar-refractivity contribution in [3.8, 4) is 0 Å². The minimum absolute atomic E-state index is 0.00754. The van der Waals surface area contributed by atoms with E-state index in [2.05, 4.69) is 46.9 Å². The van der Waals surface area contributed by atoms with Crippen LogP contribution in [0.1, 0.15) is 234 Å². The van der Waals surface area contributed by atoms with Gasteiger partial charge in [-0.2, -0.15) is 0 Å². The Morgan fingerprint density at radius 2 is 0.750 bits per heavy atom. The molecule has 2 amide bonds. The van der Waals surface area contributed by atoms with E-state index in [1.807, 2.05) is 0 Å². The molecule has 3 nitrogen and oxygen atoms in total. The number of unbranched alkanes of at least 4 members (excludes halogenated alkanes) is 24. The van der Waals surface area contributed by atoms with E-state index in [0.717, 1.165) is 12.8 Å². The predicted molar refractivity (Wildman–Crippen MR) is 193 cm³/mol. The fourth-order valence-corrected chi connectivity index (χ4v) is 8.51. The van der Waals surface area contributed by atoms with Gasteiger partial charge >= 0.3 is 0 Å². The highest BCUT2D eigenvalue weighted by Crippen LogP contribution is 2.59. The van der Waals surface area contributed by atoms with Gasteiger partial charge in [0.2, 0.25) is 11.8 Å². The Bertz CT molecular complexity index is 682. The molecule has 3 heteroatoms. The van der Waals surface area contributed by atoms with E-state index in [4.69, 9.17) is 0 Å². The highest BCUT2D eigenvalue weighted by molar-refractivity contribution is 6.01. The molecule has 0 atom stereocenters. The van der Waals surface area contributed by atoms with Crippen molar-refractivity contribution in [2.45, 2.75) is 234 Å². The number of carbonyl (C=O) groups excluding carboxylic acids is 2. The van der Waals surface area contributed by atoms with Crippen molar-refractivity contribution >= 4 is 11.8 Å². The molecule has 0 aliphatic carbocycles. The Labute approximate surface area is 276 Å². The second-order valence-corrected chi connectivity index (χ2v) is 16.0. The van der Waals surface area contributed by atoms with Crippen LogP contribution in [-0.4, -0.2) is 11.8 Å². The van der Waals surface area contributed by atoms with Gasteiger partial charge in [0.05, 0.1) is 5.41 Å². The Hall–Kier alpha value is -0.860. The first-order valence-corrected chi connectivity index (χ1v) is 20.0. The molecule has 0 bridgehead atoms. The van der Waals surface area contributed by atoms with Crippen LogP contribution in [0.2, 0.25) is 0 Å². The Kier molecular flexibility index (Phi) is 22.8. The molecule has 1 rings (SSSR count). The van der Waals surface area contributed by atoms with Gasteiger partial charge in [0.15, 0.2) is 0 Å². The van der Waals surface area contributed by atoms with Crippen LogP contribution in [0.15, 0.2) is 0 Å². The van der Waals surface area contributed by atoms with Gasteiger partial charge in [-0.3, -0.25) is 14.9 Å². The highest BCUT2D eigenvalue weighted by Gasteiger charge is 2.60. The van der Waals surface area contributed by atoms with Crippen molar-refractivity contribution in [3.05, 3.63) is 0 Å². The molecular weight excluding hydrogens is 538 g/mol. The van der Waals surface area contributed by atoms with Crippen LogP contribution < -0.4 is 5.32 Å². The van der Waals surface area contributed by atoms with Gasteiger partial charge in [0.1, 0.15) is 0 Å². The summed E-state index contributed by atoms with van der Waals surface area (Å²) in [5, 5.41) is 2.80. The maximum atomic E-state index is 13.8. The smallest absolute Gasteiger partial charge is 0.233 e. The Morgan fingerprint density at radius 3 is 1.02 bits per heavy atom. The van der Waals surface area contributed by atoms with E-state index in [1.54, 1.807) is 0 Å². The molecule has 0 spiro atoms. The van der Waals surface area contributed by atoms with E-state index in [0.29, 0.717) is 12.8 Å². The third kappa shape index (κ3) is 15.6. The minimum atomic E-state index is -0.484. The van der Waals surface area contributed by atoms with Crippen molar-refractivity contribution in [3.63, 3.8) is 0 Å². The number of carbonyl (C=O) groups is 2. The maximum absolute atomic E-state index is 13.8. The lowest BCUT2D eigenvalue weighted by Crippen LogP contribution is -2.62. The number of hydrogen-bond acceptors (Lipinski definition) is 2. The third-order valence-electron chi connectivity index (χ3n) is 11.5.